The van der Waals surface area contributed by atoms with Crippen LogP contribution in [0, 0.1) is 0 Å². The molecule has 3 aromatic rings. The molecule has 1 saturated heterocycles. The zero-order chi connectivity index (χ0) is 25.1. The Kier molecular flexibility index (Phi) is 7.78. The van der Waals surface area contributed by atoms with Crippen LogP contribution in [0.4, 0.5) is 17.1 Å². The molecule has 1 atom stereocenters. The van der Waals surface area contributed by atoms with Gasteiger partial charge in [-0.25, -0.2) is 0 Å². The number of nitrogens with zero attached hydrogens (tertiary/aromatic N) is 2. The minimum atomic E-state index is -0.619. The monoisotopic (exact) mass is 560 g/mol. The van der Waals surface area contributed by atoms with Gasteiger partial charge in [-0.3, -0.25) is 19.3 Å². The van der Waals surface area contributed by atoms with Crippen molar-refractivity contribution in [2.24, 2.45) is 0 Å². The Labute approximate surface area is 216 Å². The van der Waals surface area contributed by atoms with E-state index in [2.05, 4.69) is 43.6 Å². The quantitative estimate of drug-likeness (QED) is 0.406. The molecule has 2 N–H and O–H groups in total. The van der Waals surface area contributed by atoms with Crippen LogP contribution >= 0.6 is 27.5 Å². The Morgan fingerprint density at radius 3 is 2.51 bits per heavy atom. The van der Waals surface area contributed by atoms with Crippen LogP contribution in [-0.4, -0.2) is 55.0 Å². The number of hydrogen-bond acceptors (Lipinski definition) is 7. The van der Waals surface area contributed by atoms with E-state index < -0.39 is 10.9 Å². The van der Waals surface area contributed by atoms with Gasteiger partial charge in [0.1, 0.15) is 17.1 Å². The van der Waals surface area contributed by atoms with Crippen molar-refractivity contribution in [1.82, 2.24) is 9.80 Å². The third-order valence-electron chi connectivity index (χ3n) is 6.06. The number of anilines is 3. The van der Waals surface area contributed by atoms with Crippen LogP contribution in [0.1, 0.15) is 12.5 Å². The summed E-state index contributed by atoms with van der Waals surface area (Å²) in [7, 11) is 1.56. The minimum Gasteiger partial charge on any atom is -0.482 e. The summed E-state index contributed by atoms with van der Waals surface area (Å²) in [5.41, 5.74) is 0.781. The van der Waals surface area contributed by atoms with Crippen molar-refractivity contribution >= 4 is 50.5 Å². The average molecular weight is 562 g/mol. The van der Waals surface area contributed by atoms with Crippen LogP contribution in [0.15, 0.2) is 56.5 Å². The first-order valence-corrected chi connectivity index (χ1v) is 12.4. The molecule has 1 aliphatic rings. The molecule has 0 bridgehead atoms. The van der Waals surface area contributed by atoms with Gasteiger partial charge in [-0.2, -0.15) is 0 Å². The van der Waals surface area contributed by atoms with Crippen LogP contribution < -0.4 is 26.2 Å². The van der Waals surface area contributed by atoms with Crippen LogP contribution in [0.3, 0.4) is 0 Å². The van der Waals surface area contributed by atoms with E-state index in [-0.39, 0.29) is 29.9 Å². The normalized spacial score (nSPS) is 16.3. The summed E-state index contributed by atoms with van der Waals surface area (Å²) in [4.78, 5) is 40.8. The number of carbonyl (C=O) groups is 1. The van der Waals surface area contributed by atoms with Gasteiger partial charge in [0.2, 0.25) is 0 Å². The van der Waals surface area contributed by atoms with Gasteiger partial charge >= 0.3 is 0 Å². The average Bonchev–Trinajstić information content (AvgIpc) is 2.84. The molecule has 0 spiro atoms. The standard InChI is InChI=1S/C25H26BrClN4O4/c1-15-12-30(13-16-3-5-17(26)6-4-16)9-10-31(15)21(32)14-35-20-8-7-18(27)11-19(20)29-23-22(28-2)24(33)25(23)34/h3-8,11,15,28-29H,9-10,12-14H2,1-2H3/t15-/m1/s1. The molecular formula is C25H26BrClN4O4. The van der Waals surface area contributed by atoms with Crippen LogP contribution in [-0.2, 0) is 11.3 Å². The lowest BCUT2D eigenvalue weighted by atomic mass is 10.1. The number of benzene rings is 2. The van der Waals surface area contributed by atoms with Crippen molar-refractivity contribution in [2.75, 3.05) is 43.9 Å². The molecule has 8 nitrogen and oxygen atoms in total. The van der Waals surface area contributed by atoms with E-state index in [4.69, 9.17) is 16.3 Å². The zero-order valence-corrected chi connectivity index (χ0v) is 21.8. The van der Waals surface area contributed by atoms with Gasteiger partial charge in [0.05, 0.1) is 5.69 Å². The third-order valence-corrected chi connectivity index (χ3v) is 6.83. The highest BCUT2D eigenvalue weighted by Crippen LogP contribution is 2.32. The molecule has 0 unspecified atom stereocenters. The predicted molar refractivity (Wildman–Crippen MR) is 142 cm³/mol. The molecule has 3 aromatic carbocycles. The Morgan fingerprint density at radius 1 is 1.11 bits per heavy atom. The molecule has 10 heteroatoms. The summed E-state index contributed by atoms with van der Waals surface area (Å²) >= 11 is 9.58. The number of piperazine rings is 1. The third kappa shape index (κ3) is 5.69. The number of ether oxygens (including phenoxy) is 1. The first kappa shape index (κ1) is 25.2. The van der Waals surface area contributed by atoms with Crippen molar-refractivity contribution in [3.63, 3.8) is 0 Å². The van der Waals surface area contributed by atoms with Gasteiger partial charge < -0.3 is 20.3 Å². The second-order valence-corrected chi connectivity index (χ2v) is 9.86. The molecule has 4 rings (SSSR count). The largest absolute Gasteiger partial charge is 0.482 e. The van der Waals surface area contributed by atoms with Gasteiger partial charge in [-0.1, -0.05) is 39.7 Å². The molecule has 0 aliphatic carbocycles. The topological polar surface area (TPSA) is 91.0 Å². The molecule has 1 amide bonds. The molecular weight excluding hydrogens is 536 g/mol. The highest BCUT2D eigenvalue weighted by Gasteiger charge is 2.28. The first-order chi connectivity index (χ1) is 16.8. The smallest absolute Gasteiger partial charge is 0.260 e. The van der Waals surface area contributed by atoms with Crippen molar-refractivity contribution in [3.8, 4) is 5.75 Å². The van der Waals surface area contributed by atoms with Crippen molar-refractivity contribution < 1.29 is 9.53 Å². The fourth-order valence-corrected chi connectivity index (χ4v) is 4.66. The minimum absolute atomic E-state index is 0.0417. The highest BCUT2D eigenvalue weighted by molar-refractivity contribution is 9.10. The van der Waals surface area contributed by atoms with E-state index in [1.165, 1.54) is 5.56 Å². The zero-order valence-electron chi connectivity index (χ0n) is 19.4. The number of amides is 1. The summed E-state index contributed by atoms with van der Waals surface area (Å²) < 4.78 is 6.87. The lowest BCUT2D eigenvalue weighted by Gasteiger charge is -2.40. The Bertz CT molecular complexity index is 1290. The van der Waals surface area contributed by atoms with Gasteiger partial charge in [0.15, 0.2) is 6.61 Å². The number of nitrogens with one attached hydrogen (secondary N) is 2. The van der Waals surface area contributed by atoms with Crippen LogP contribution in [0.25, 0.3) is 0 Å². The van der Waals surface area contributed by atoms with E-state index in [0.29, 0.717) is 23.0 Å². The SMILES string of the molecule is CNc1c(Nc2cc(Cl)ccc2OCC(=O)N2CCN(Cc3ccc(Br)cc3)C[C@H]2C)c(=O)c1=O. The molecule has 0 aromatic heterocycles. The summed E-state index contributed by atoms with van der Waals surface area (Å²) in [6.07, 6.45) is 0. The molecule has 1 fully saturated rings. The van der Waals surface area contributed by atoms with Crippen molar-refractivity contribution in [1.29, 1.82) is 0 Å². The molecule has 1 aliphatic heterocycles. The predicted octanol–water partition coefficient (Wildman–Crippen LogP) is 3.60. The lowest BCUT2D eigenvalue weighted by Crippen LogP contribution is -2.54. The van der Waals surface area contributed by atoms with E-state index in [9.17, 15) is 14.4 Å². The maximum absolute atomic E-state index is 13.0. The summed E-state index contributed by atoms with van der Waals surface area (Å²) in [5.74, 6) is 0.242. The second kappa shape index (κ2) is 10.8. The highest BCUT2D eigenvalue weighted by atomic mass is 79.9. The first-order valence-electron chi connectivity index (χ1n) is 11.2. The van der Waals surface area contributed by atoms with Gasteiger partial charge in [-0.05, 0) is 42.8 Å². The molecule has 1 heterocycles. The summed E-state index contributed by atoms with van der Waals surface area (Å²) in [6.45, 7) is 4.87. The fourth-order valence-electron chi connectivity index (χ4n) is 4.23. The van der Waals surface area contributed by atoms with E-state index in [0.717, 1.165) is 24.1 Å². The van der Waals surface area contributed by atoms with Crippen molar-refractivity contribution in [2.45, 2.75) is 19.5 Å². The van der Waals surface area contributed by atoms with E-state index >= 15 is 0 Å². The Hall–Kier alpha value is -2.88. The molecule has 35 heavy (non-hydrogen) atoms. The summed E-state index contributed by atoms with van der Waals surface area (Å²) in [5, 5.41) is 6.05. The number of carbonyl (C=O) groups excluding carboxylic acids is 1. The Morgan fingerprint density at radius 2 is 1.83 bits per heavy atom. The Balaban J connectivity index is 1.36. The molecule has 0 saturated carbocycles. The number of halogens is 2. The van der Waals surface area contributed by atoms with E-state index in [1.807, 2.05) is 24.0 Å². The summed E-state index contributed by atoms with van der Waals surface area (Å²) in [6, 6.07) is 13.1. The lowest BCUT2D eigenvalue weighted by molar-refractivity contribution is -0.137. The van der Waals surface area contributed by atoms with Gasteiger partial charge in [0, 0.05) is 48.8 Å². The maximum Gasteiger partial charge on any atom is 0.260 e. The maximum atomic E-state index is 13.0. The van der Waals surface area contributed by atoms with Gasteiger partial charge in [-0.15, -0.1) is 0 Å². The van der Waals surface area contributed by atoms with Crippen LogP contribution in [0.5, 0.6) is 5.75 Å². The molecule has 184 valence electrons. The second-order valence-electron chi connectivity index (χ2n) is 8.51. The van der Waals surface area contributed by atoms with Crippen molar-refractivity contribution in [3.05, 3.63) is 78.0 Å². The molecule has 0 radical (unpaired) electrons. The number of rotatable bonds is 8. The van der Waals surface area contributed by atoms with Gasteiger partial charge in [0.25, 0.3) is 16.8 Å². The number of hydrogen-bond donors (Lipinski definition) is 2. The fraction of sp³-hybridized carbons (Fsp3) is 0.320. The van der Waals surface area contributed by atoms with Crippen LogP contribution in [0.2, 0.25) is 5.02 Å². The van der Waals surface area contributed by atoms with E-state index in [1.54, 1.807) is 25.2 Å².